The molecule has 16 heavy (non-hydrogen) atoms. The maximum atomic E-state index is 11.2. The topological polar surface area (TPSA) is 26.3 Å². The molecule has 2 aliphatic rings. The first-order chi connectivity index (χ1) is 7.52. The van der Waals surface area contributed by atoms with E-state index < -0.39 is 0 Å². The summed E-state index contributed by atoms with van der Waals surface area (Å²) in [7, 11) is 0. The minimum Gasteiger partial charge on any atom is -0.462 e. The molecule has 0 aromatic heterocycles. The van der Waals surface area contributed by atoms with Gasteiger partial charge in [-0.15, -0.1) is 0 Å². The lowest BCUT2D eigenvalue weighted by atomic mass is 9.60. The highest BCUT2D eigenvalue weighted by Gasteiger charge is 2.46. The number of hydrogen-bond donors (Lipinski definition) is 0. The van der Waals surface area contributed by atoms with Gasteiger partial charge in [0.25, 0.3) is 0 Å². The van der Waals surface area contributed by atoms with Gasteiger partial charge in [0.05, 0.1) is 0 Å². The highest BCUT2D eigenvalue weighted by Crippen LogP contribution is 2.50. The normalized spacial score (nSPS) is 38.6. The third kappa shape index (κ3) is 2.02. The first-order valence-electron chi connectivity index (χ1n) is 6.35. The number of fused-ring (bicyclic) bond motifs is 1. The molecule has 0 heterocycles. The van der Waals surface area contributed by atoms with Crippen LogP contribution >= 0.6 is 0 Å². The highest BCUT2D eigenvalue weighted by atomic mass is 16.5. The second-order valence-electron chi connectivity index (χ2n) is 5.69. The van der Waals surface area contributed by atoms with E-state index in [1.165, 1.54) is 31.8 Å². The van der Waals surface area contributed by atoms with Gasteiger partial charge >= 0.3 is 5.97 Å². The van der Waals surface area contributed by atoms with Gasteiger partial charge in [0.2, 0.25) is 0 Å². The van der Waals surface area contributed by atoms with Crippen molar-refractivity contribution in [2.24, 2.45) is 11.3 Å². The molecular formula is C14H22O2. The average Bonchev–Trinajstić information content (AvgIpc) is 2.20. The van der Waals surface area contributed by atoms with Crippen LogP contribution in [0.25, 0.3) is 0 Å². The summed E-state index contributed by atoms with van der Waals surface area (Å²) < 4.78 is 5.53. The van der Waals surface area contributed by atoms with Crippen molar-refractivity contribution in [1.29, 1.82) is 0 Å². The fourth-order valence-corrected chi connectivity index (χ4v) is 3.37. The van der Waals surface area contributed by atoms with Gasteiger partial charge < -0.3 is 4.74 Å². The van der Waals surface area contributed by atoms with Crippen LogP contribution in [0.5, 0.6) is 0 Å². The summed E-state index contributed by atoms with van der Waals surface area (Å²) in [6, 6.07) is 0. The van der Waals surface area contributed by atoms with Crippen LogP contribution < -0.4 is 0 Å². The van der Waals surface area contributed by atoms with E-state index in [9.17, 15) is 4.79 Å². The molecule has 0 aromatic carbocycles. The highest BCUT2D eigenvalue weighted by molar-refractivity contribution is 5.66. The van der Waals surface area contributed by atoms with Crippen LogP contribution in [-0.4, -0.2) is 12.1 Å². The van der Waals surface area contributed by atoms with Gasteiger partial charge in [-0.25, -0.2) is 0 Å². The zero-order valence-corrected chi connectivity index (χ0v) is 10.6. The average molecular weight is 222 g/mol. The summed E-state index contributed by atoms with van der Waals surface area (Å²) >= 11 is 0. The largest absolute Gasteiger partial charge is 0.462 e. The Bertz CT molecular complexity index is 319. The van der Waals surface area contributed by atoms with Crippen LogP contribution in [0.15, 0.2) is 11.6 Å². The lowest BCUT2D eigenvalue weighted by molar-refractivity contribution is -0.160. The summed E-state index contributed by atoms with van der Waals surface area (Å²) in [5.41, 5.74) is 1.69. The van der Waals surface area contributed by atoms with Gasteiger partial charge in [0.15, 0.2) is 0 Å². The quantitative estimate of drug-likeness (QED) is 0.501. The molecule has 0 bridgehead atoms. The Hall–Kier alpha value is -0.790. The molecular weight excluding hydrogens is 200 g/mol. The molecule has 1 fully saturated rings. The fraction of sp³-hybridized carbons (Fsp3) is 0.786. The van der Waals surface area contributed by atoms with E-state index in [0.29, 0.717) is 5.92 Å². The summed E-state index contributed by atoms with van der Waals surface area (Å²) in [6.07, 6.45) is 8.26. The van der Waals surface area contributed by atoms with E-state index in [0.717, 1.165) is 12.8 Å². The van der Waals surface area contributed by atoms with Gasteiger partial charge in [-0.05, 0) is 44.9 Å². The number of allylic oxidation sites excluding steroid dienone is 2. The maximum Gasteiger partial charge on any atom is 0.302 e. The van der Waals surface area contributed by atoms with Crippen LogP contribution in [0.1, 0.15) is 52.9 Å². The Morgan fingerprint density at radius 1 is 1.50 bits per heavy atom. The Labute approximate surface area is 98.1 Å². The van der Waals surface area contributed by atoms with Crippen molar-refractivity contribution >= 4 is 5.97 Å². The second-order valence-corrected chi connectivity index (χ2v) is 5.69. The van der Waals surface area contributed by atoms with Crippen molar-refractivity contribution in [3.63, 3.8) is 0 Å². The fourth-order valence-electron chi connectivity index (χ4n) is 3.37. The SMILES string of the molecule is CC(=O)O[C@@H]1CCC[C@@H]2CC(C)=CC[C@@]21C. The molecule has 0 saturated heterocycles. The maximum absolute atomic E-state index is 11.2. The first-order valence-corrected chi connectivity index (χ1v) is 6.35. The van der Waals surface area contributed by atoms with E-state index in [2.05, 4.69) is 19.9 Å². The number of ether oxygens (including phenoxy) is 1. The third-order valence-corrected chi connectivity index (χ3v) is 4.45. The van der Waals surface area contributed by atoms with E-state index in [-0.39, 0.29) is 17.5 Å². The zero-order valence-electron chi connectivity index (χ0n) is 10.6. The predicted octanol–water partition coefficient (Wildman–Crippen LogP) is 3.46. The molecule has 0 radical (unpaired) electrons. The molecule has 0 spiro atoms. The van der Waals surface area contributed by atoms with E-state index >= 15 is 0 Å². The monoisotopic (exact) mass is 222 g/mol. The Kier molecular flexibility index (Phi) is 3.09. The molecule has 1 saturated carbocycles. The molecule has 2 aliphatic carbocycles. The van der Waals surface area contributed by atoms with Crippen LogP contribution in [0.4, 0.5) is 0 Å². The Balaban J connectivity index is 2.18. The third-order valence-electron chi connectivity index (χ3n) is 4.45. The smallest absolute Gasteiger partial charge is 0.302 e. The lowest BCUT2D eigenvalue weighted by Gasteiger charge is -2.48. The minimum atomic E-state index is -0.127. The Morgan fingerprint density at radius 2 is 2.25 bits per heavy atom. The zero-order chi connectivity index (χ0) is 11.8. The minimum absolute atomic E-state index is 0.127. The van der Waals surface area contributed by atoms with Gasteiger partial charge in [-0.1, -0.05) is 18.6 Å². The van der Waals surface area contributed by atoms with E-state index in [1.807, 2.05) is 0 Å². The summed E-state index contributed by atoms with van der Waals surface area (Å²) in [4.78, 5) is 11.2. The van der Waals surface area contributed by atoms with Gasteiger partial charge in [-0.3, -0.25) is 4.79 Å². The van der Waals surface area contributed by atoms with Crippen molar-refractivity contribution < 1.29 is 9.53 Å². The van der Waals surface area contributed by atoms with Crippen LogP contribution in [-0.2, 0) is 9.53 Å². The second kappa shape index (κ2) is 4.23. The lowest BCUT2D eigenvalue weighted by Crippen LogP contribution is -2.46. The predicted molar refractivity (Wildman–Crippen MR) is 64.0 cm³/mol. The number of hydrogen-bond acceptors (Lipinski definition) is 2. The number of esters is 1. The first kappa shape index (κ1) is 11.7. The molecule has 90 valence electrons. The van der Waals surface area contributed by atoms with Crippen molar-refractivity contribution in [2.75, 3.05) is 0 Å². The van der Waals surface area contributed by atoms with Crippen LogP contribution in [0.3, 0.4) is 0 Å². The van der Waals surface area contributed by atoms with Gasteiger partial charge in [-0.2, -0.15) is 0 Å². The standard InChI is InChI=1S/C14H22O2/c1-10-7-8-14(3)12(9-10)5-4-6-13(14)16-11(2)15/h7,12-13H,4-6,8-9H2,1-3H3/t12-,13-,14+/m1/s1. The van der Waals surface area contributed by atoms with Crippen LogP contribution in [0.2, 0.25) is 0 Å². The summed E-state index contributed by atoms with van der Waals surface area (Å²) in [6.45, 7) is 6.04. The number of carbonyl (C=O) groups is 1. The number of rotatable bonds is 1. The number of carbonyl (C=O) groups excluding carboxylic acids is 1. The van der Waals surface area contributed by atoms with Crippen molar-refractivity contribution in [3.8, 4) is 0 Å². The van der Waals surface area contributed by atoms with Gasteiger partial charge in [0, 0.05) is 12.3 Å². The molecule has 2 rings (SSSR count). The molecule has 0 aromatic rings. The molecule has 2 heteroatoms. The van der Waals surface area contributed by atoms with Crippen LogP contribution in [0, 0.1) is 11.3 Å². The molecule has 0 aliphatic heterocycles. The Morgan fingerprint density at radius 3 is 2.94 bits per heavy atom. The molecule has 2 nitrogen and oxygen atoms in total. The van der Waals surface area contributed by atoms with Crippen molar-refractivity contribution in [2.45, 2.75) is 59.0 Å². The summed E-state index contributed by atoms with van der Waals surface area (Å²) in [5.74, 6) is 0.578. The molecule has 0 N–H and O–H groups in total. The molecule has 3 atom stereocenters. The van der Waals surface area contributed by atoms with E-state index in [1.54, 1.807) is 0 Å². The molecule has 0 unspecified atom stereocenters. The summed E-state index contributed by atoms with van der Waals surface area (Å²) in [5, 5.41) is 0. The van der Waals surface area contributed by atoms with Crippen molar-refractivity contribution in [1.82, 2.24) is 0 Å². The van der Waals surface area contributed by atoms with Gasteiger partial charge in [0.1, 0.15) is 6.10 Å². The van der Waals surface area contributed by atoms with E-state index in [4.69, 9.17) is 4.74 Å². The van der Waals surface area contributed by atoms with Crippen molar-refractivity contribution in [3.05, 3.63) is 11.6 Å². The molecule has 0 amide bonds.